The molecule has 1 aromatic heterocycles. The van der Waals surface area contributed by atoms with E-state index >= 15 is 0 Å². The third-order valence-corrected chi connectivity index (χ3v) is 2.67. The highest BCUT2D eigenvalue weighted by atomic mass is 32.1. The van der Waals surface area contributed by atoms with Gasteiger partial charge in [0.1, 0.15) is 0 Å². The van der Waals surface area contributed by atoms with Gasteiger partial charge in [-0.25, -0.2) is 0 Å². The van der Waals surface area contributed by atoms with Crippen molar-refractivity contribution in [3.05, 3.63) is 16.5 Å². The summed E-state index contributed by atoms with van der Waals surface area (Å²) in [5, 5.41) is 3.11. The molecule has 0 amide bonds. The number of hydrogen-bond acceptors (Lipinski definition) is 2. The van der Waals surface area contributed by atoms with Gasteiger partial charge in [0.05, 0.1) is 5.00 Å². The molecule has 10 heavy (non-hydrogen) atoms. The lowest BCUT2D eigenvalue weighted by molar-refractivity contribution is 0.863. The Morgan fingerprint density at radius 1 is 1.50 bits per heavy atom. The van der Waals surface area contributed by atoms with E-state index < -0.39 is 0 Å². The van der Waals surface area contributed by atoms with Crippen LogP contribution in [0.1, 0.15) is 30.9 Å². The Balaban J connectivity index is 3.05. The van der Waals surface area contributed by atoms with E-state index in [4.69, 9.17) is 5.73 Å². The first kappa shape index (κ1) is 7.61. The highest BCUT2D eigenvalue weighted by Crippen LogP contribution is 2.29. The molecule has 2 heteroatoms. The molecule has 0 fully saturated rings. The monoisotopic (exact) mass is 155 g/mol. The number of hydrogen-bond donors (Lipinski definition) is 1. The molecule has 0 aliphatic heterocycles. The van der Waals surface area contributed by atoms with Crippen molar-refractivity contribution in [2.24, 2.45) is 0 Å². The van der Waals surface area contributed by atoms with Crippen molar-refractivity contribution < 1.29 is 0 Å². The quantitative estimate of drug-likeness (QED) is 0.663. The highest BCUT2D eigenvalue weighted by molar-refractivity contribution is 7.14. The van der Waals surface area contributed by atoms with Crippen LogP contribution in [0.3, 0.4) is 0 Å². The van der Waals surface area contributed by atoms with Crippen LogP contribution in [0.2, 0.25) is 0 Å². The van der Waals surface area contributed by atoms with E-state index in [2.05, 4.69) is 26.2 Å². The molecule has 2 N–H and O–H groups in total. The average Bonchev–Trinajstić information content (AvgIpc) is 2.14. The van der Waals surface area contributed by atoms with Crippen molar-refractivity contribution in [2.75, 3.05) is 5.73 Å². The van der Waals surface area contributed by atoms with Crippen LogP contribution in [-0.2, 0) is 0 Å². The maximum atomic E-state index is 5.70. The molecule has 1 heterocycles. The van der Waals surface area contributed by atoms with Crippen molar-refractivity contribution in [2.45, 2.75) is 26.7 Å². The first-order valence-corrected chi connectivity index (χ1v) is 4.34. The van der Waals surface area contributed by atoms with Gasteiger partial charge in [-0.15, -0.1) is 11.3 Å². The highest BCUT2D eigenvalue weighted by Gasteiger charge is 2.06. The van der Waals surface area contributed by atoms with Gasteiger partial charge in [0.2, 0.25) is 0 Å². The third kappa shape index (κ3) is 1.16. The molecule has 0 saturated heterocycles. The van der Waals surface area contributed by atoms with E-state index in [1.165, 1.54) is 11.1 Å². The van der Waals surface area contributed by atoms with Gasteiger partial charge in [0.15, 0.2) is 0 Å². The van der Waals surface area contributed by atoms with E-state index in [0.29, 0.717) is 5.92 Å². The molecule has 0 aliphatic carbocycles. The molecule has 1 rings (SSSR count). The predicted molar refractivity (Wildman–Crippen MR) is 47.6 cm³/mol. The van der Waals surface area contributed by atoms with E-state index in [0.717, 1.165) is 5.00 Å². The summed E-state index contributed by atoms with van der Waals surface area (Å²) in [4.78, 5) is 0. The number of anilines is 1. The van der Waals surface area contributed by atoms with Gasteiger partial charge >= 0.3 is 0 Å². The van der Waals surface area contributed by atoms with E-state index in [1.807, 2.05) is 0 Å². The minimum Gasteiger partial charge on any atom is -0.390 e. The van der Waals surface area contributed by atoms with Crippen LogP contribution in [0.4, 0.5) is 5.00 Å². The Kier molecular flexibility index (Phi) is 2.00. The summed E-state index contributed by atoms with van der Waals surface area (Å²) in [5.41, 5.74) is 8.35. The molecule has 0 bridgehead atoms. The van der Waals surface area contributed by atoms with Crippen LogP contribution in [-0.4, -0.2) is 0 Å². The van der Waals surface area contributed by atoms with Gasteiger partial charge in [0.25, 0.3) is 0 Å². The van der Waals surface area contributed by atoms with Gasteiger partial charge in [0, 0.05) is 0 Å². The Labute approximate surface area is 65.9 Å². The first-order chi connectivity index (χ1) is 4.63. The maximum absolute atomic E-state index is 5.70. The van der Waals surface area contributed by atoms with Crippen LogP contribution >= 0.6 is 11.3 Å². The lowest BCUT2D eigenvalue weighted by Crippen LogP contribution is -1.89. The molecule has 0 aliphatic rings. The van der Waals surface area contributed by atoms with Gasteiger partial charge in [-0.2, -0.15) is 0 Å². The second-order valence-corrected chi connectivity index (χ2v) is 3.75. The van der Waals surface area contributed by atoms with Crippen molar-refractivity contribution in [3.63, 3.8) is 0 Å². The Morgan fingerprint density at radius 3 is 2.30 bits per heavy atom. The molecular weight excluding hydrogens is 142 g/mol. The zero-order valence-corrected chi connectivity index (χ0v) is 7.46. The predicted octanol–water partition coefficient (Wildman–Crippen LogP) is 2.76. The Hall–Kier alpha value is -0.500. The smallest absolute Gasteiger partial charge is 0.0888 e. The standard InChI is InChI=1S/C8H13NS/c1-5(2)7-4-10-8(9)6(7)3/h4-5H,9H2,1-3H3. The van der Waals surface area contributed by atoms with Crippen molar-refractivity contribution in [1.29, 1.82) is 0 Å². The first-order valence-electron chi connectivity index (χ1n) is 3.46. The SMILES string of the molecule is Cc1c(C(C)C)csc1N. The van der Waals surface area contributed by atoms with Gasteiger partial charge in [-0.05, 0) is 29.3 Å². The van der Waals surface area contributed by atoms with Crippen LogP contribution < -0.4 is 5.73 Å². The lowest BCUT2D eigenvalue weighted by Gasteiger charge is -2.02. The minimum absolute atomic E-state index is 0.605. The molecular formula is C8H13NS. The second-order valence-electron chi connectivity index (χ2n) is 2.83. The summed E-state index contributed by atoms with van der Waals surface area (Å²) in [6.07, 6.45) is 0. The second kappa shape index (κ2) is 2.62. The van der Waals surface area contributed by atoms with Crippen LogP contribution in [0, 0.1) is 6.92 Å². The van der Waals surface area contributed by atoms with E-state index in [1.54, 1.807) is 11.3 Å². The van der Waals surface area contributed by atoms with Gasteiger partial charge in [-0.1, -0.05) is 13.8 Å². The topological polar surface area (TPSA) is 26.0 Å². The molecule has 0 unspecified atom stereocenters. The average molecular weight is 155 g/mol. The summed E-state index contributed by atoms with van der Waals surface area (Å²) >= 11 is 1.64. The van der Waals surface area contributed by atoms with E-state index in [9.17, 15) is 0 Å². The zero-order chi connectivity index (χ0) is 7.72. The van der Waals surface area contributed by atoms with E-state index in [-0.39, 0.29) is 0 Å². The molecule has 0 saturated carbocycles. The summed E-state index contributed by atoms with van der Waals surface area (Å²) in [7, 11) is 0. The largest absolute Gasteiger partial charge is 0.390 e. The fourth-order valence-electron chi connectivity index (χ4n) is 1.02. The summed E-state index contributed by atoms with van der Waals surface area (Å²) in [6, 6.07) is 0. The van der Waals surface area contributed by atoms with Crippen molar-refractivity contribution in [3.8, 4) is 0 Å². The molecule has 0 radical (unpaired) electrons. The molecule has 1 aromatic rings. The van der Waals surface area contributed by atoms with Crippen molar-refractivity contribution in [1.82, 2.24) is 0 Å². The number of rotatable bonds is 1. The molecule has 0 atom stereocenters. The minimum atomic E-state index is 0.605. The fraction of sp³-hybridized carbons (Fsp3) is 0.500. The zero-order valence-electron chi connectivity index (χ0n) is 6.64. The molecule has 0 spiro atoms. The Bertz CT molecular complexity index is 225. The maximum Gasteiger partial charge on any atom is 0.0888 e. The summed E-state index contributed by atoms with van der Waals surface area (Å²) in [5.74, 6) is 0.605. The summed E-state index contributed by atoms with van der Waals surface area (Å²) in [6.45, 7) is 6.46. The molecule has 56 valence electrons. The lowest BCUT2D eigenvalue weighted by atomic mass is 10.0. The van der Waals surface area contributed by atoms with Crippen LogP contribution in [0.25, 0.3) is 0 Å². The van der Waals surface area contributed by atoms with Crippen LogP contribution in [0.5, 0.6) is 0 Å². The normalized spacial score (nSPS) is 10.8. The third-order valence-electron chi connectivity index (χ3n) is 1.74. The number of nitrogen functional groups attached to an aromatic ring is 1. The summed E-state index contributed by atoms with van der Waals surface area (Å²) < 4.78 is 0. The number of nitrogens with two attached hydrogens (primary N) is 1. The van der Waals surface area contributed by atoms with Crippen LogP contribution in [0.15, 0.2) is 5.38 Å². The Morgan fingerprint density at radius 2 is 2.10 bits per heavy atom. The number of thiophene rings is 1. The fourth-order valence-corrected chi connectivity index (χ4v) is 2.01. The van der Waals surface area contributed by atoms with Gasteiger partial charge in [-0.3, -0.25) is 0 Å². The van der Waals surface area contributed by atoms with Crippen molar-refractivity contribution >= 4 is 16.3 Å². The molecule has 0 aromatic carbocycles. The van der Waals surface area contributed by atoms with Gasteiger partial charge < -0.3 is 5.73 Å². The molecule has 1 nitrogen and oxygen atoms in total.